The molecule has 9 aromatic carbocycles. The first-order chi connectivity index (χ1) is 31.1. The van der Waals surface area contributed by atoms with E-state index in [0.717, 1.165) is 66.7 Å². The van der Waals surface area contributed by atoms with Gasteiger partial charge in [0, 0.05) is 38.4 Å². The Bertz CT molecular complexity index is 3480. The average Bonchev–Trinajstić information content (AvgIpc) is 3.88. The van der Waals surface area contributed by atoms with E-state index in [1.165, 1.54) is 44.5 Å². The zero-order valence-electron chi connectivity index (χ0n) is 34.7. The van der Waals surface area contributed by atoms with E-state index in [2.05, 4.69) is 201 Å². The lowest BCUT2D eigenvalue weighted by atomic mass is 9.73. The monoisotopic (exact) mass is 804 g/mol. The number of fused-ring (bicyclic) bond motifs is 6. The molecule has 3 nitrogen and oxygen atoms in total. The maximum absolute atomic E-state index is 6.38. The van der Waals surface area contributed by atoms with Crippen LogP contribution in [-0.2, 0) is 5.41 Å². The molecule has 0 aliphatic heterocycles. The van der Waals surface area contributed by atoms with Crippen LogP contribution in [0.15, 0.2) is 229 Å². The second kappa shape index (κ2) is 14.8. The second-order valence-electron chi connectivity index (χ2n) is 16.6. The van der Waals surface area contributed by atoms with E-state index < -0.39 is 0 Å². The Morgan fingerprint density at radius 3 is 1.62 bits per heavy atom. The summed E-state index contributed by atoms with van der Waals surface area (Å²) in [4.78, 5) is 10.3. The third kappa shape index (κ3) is 6.12. The molecule has 296 valence electrons. The van der Waals surface area contributed by atoms with Crippen molar-refractivity contribution >= 4 is 21.9 Å². The van der Waals surface area contributed by atoms with Gasteiger partial charge in [-0.1, -0.05) is 206 Å². The van der Waals surface area contributed by atoms with Crippen molar-refractivity contribution in [2.45, 2.75) is 12.3 Å². The lowest BCUT2D eigenvalue weighted by Crippen LogP contribution is -2.22. The summed E-state index contributed by atoms with van der Waals surface area (Å²) in [6.45, 7) is 2.39. The van der Waals surface area contributed by atoms with Crippen LogP contribution in [0.5, 0.6) is 0 Å². The fourth-order valence-corrected chi connectivity index (χ4v) is 9.79. The Morgan fingerprint density at radius 2 is 0.905 bits per heavy atom. The molecule has 11 aromatic rings. The number of rotatable bonds is 7. The van der Waals surface area contributed by atoms with Gasteiger partial charge in [-0.05, 0) is 80.8 Å². The molecule has 0 amide bonds. The Morgan fingerprint density at radius 1 is 0.365 bits per heavy atom. The fourth-order valence-electron chi connectivity index (χ4n) is 9.79. The van der Waals surface area contributed by atoms with Crippen LogP contribution in [0.3, 0.4) is 0 Å². The molecule has 2 aromatic heterocycles. The highest BCUT2D eigenvalue weighted by molar-refractivity contribution is 6.09. The van der Waals surface area contributed by atoms with Gasteiger partial charge in [-0.3, -0.25) is 0 Å². The number of hydrogen-bond acceptors (Lipinski definition) is 3. The van der Waals surface area contributed by atoms with Gasteiger partial charge in [-0.15, -0.1) is 0 Å². The maximum Gasteiger partial charge on any atom is 0.160 e. The van der Waals surface area contributed by atoms with Crippen molar-refractivity contribution in [2.75, 3.05) is 0 Å². The molecule has 2 heterocycles. The molecular weight excluding hydrogens is 765 g/mol. The topological polar surface area (TPSA) is 38.9 Å². The lowest BCUT2D eigenvalue weighted by Gasteiger charge is -2.29. The van der Waals surface area contributed by atoms with E-state index in [1.54, 1.807) is 0 Å². The van der Waals surface area contributed by atoms with Gasteiger partial charge in [0.1, 0.15) is 11.2 Å². The molecular formula is C60H40N2O. The van der Waals surface area contributed by atoms with Crippen LogP contribution in [0.1, 0.15) is 23.6 Å². The Balaban J connectivity index is 0.918. The third-order valence-corrected chi connectivity index (χ3v) is 13.0. The van der Waals surface area contributed by atoms with Crippen molar-refractivity contribution in [1.82, 2.24) is 9.97 Å². The molecule has 0 spiro atoms. The first-order valence-corrected chi connectivity index (χ1v) is 21.6. The van der Waals surface area contributed by atoms with Gasteiger partial charge in [0.25, 0.3) is 0 Å². The lowest BCUT2D eigenvalue weighted by molar-refractivity contribution is 0.670. The van der Waals surface area contributed by atoms with E-state index in [1.807, 2.05) is 30.3 Å². The van der Waals surface area contributed by atoms with Crippen LogP contribution < -0.4 is 0 Å². The van der Waals surface area contributed by atoms with Crippen LogP contribution >= 0.6 is 0 Å². The van der Waals surface area contributed by atoms with Gasteiger partial charge in [0.2, 0.25) is 0 Å². The van der Waals surface area contributed by atoms with Gasteiger partial charge < -0.3 is 4.42 Å². The molecule has 1 aliphatic carbocycles. The van der Waals surface area contributed by atoms with Crippen molar-refractivity contribution in [1.29, 1.82) is 0 Å². The highest BCUT2D eigenvalue weighted by Crippen LogP contribution is 2.56. The van der Waals surface area contributed by atoms with E-state index in [4.69, 9.17) is 14.4 Å². The molecule has 63 heavy (non-hydrogen) atoms. The van der Waals surface area contributed by atoms with Gasteiger partial charge in [0.05, 0.1) is 11.4 Å². The summed E-state index contributed by atoms with van der Waals surface area (Å²) in [5, 5.41) is 2.25. The quantitative estimate of drug-likeness (QED) is 0.161. The summed E-state index contributed by atoms with van der Waals surface area (Å²) < 4.78 is 6.38. The largest absolute Gasteiger partial charge is 0.455 e. The molecule has 3 heteroatoms. The zero-order chi connectivity index (χ0) is 41.9. The van der Waals surface area contributed by atoms with Crippen molar-refractivity contribution in [3.05, 3.63) is 241 Å². The smallest absolute Gasteiger partial charge is 0.160 e. The van der Waals surface area contributed by atoms with Crippen molar-refractivity contribution in [3.8, 4) is 78.4 Å². The Labute approximate surface area is 366 Å². The normalized spacial score (nSPS) is 14.2. The SMILES string of the molecule is CC1(c2ccccc2)c2cc(-c3ccc(-c4cc(-c5ccc(-c6cccc7c6oc6ccccc67)cc5)nc(-c5ccccc5)n4)cc3)ccc2-c2c(-c3ccccc3)cccc21. The Hall–Kier alpha value is -8.14. The van der Waals surface area contributed by atoms with Crippen LogP contribution in [0.2, 0.25) is 0 Å². The van der Waals surface area contributed by atoms with Crippen LogP contribution in [0, 0.1) is 0 Å². The summed E-state index contributed by atoms with van der Waals surface area (Å²) in [5.74, 6) is 0.691. The molecule has 12 rings (SSSR count). The standard InChI is InChI=1S/C60H40N2O/c1-60(46-19-9-4-10-20-46)52-25-14-22-47(40-15-5-2-6-16-40)57(52)51-36-35-45(37-53(51)60)39-27-31-42(32-28-39)54-38-55(62-59(61-54)44-17-7-3-8-18-44)43-33-29-41(30-34-43)48-23-13-24-50-49-21-11-12-26-56(49)63-58(48)50/h2-38H,1H3. The minimum Gasteiger partial charge on any atom is -0.455 e. The summed E-state index contributed by atoms with van der Waals surface area (Å²) >= 11 is 0. The minimum atomic E-state index is -0.323. The number of nitrogens with zero attached hydrogens (tertiary/aromatic N) is 2. The summed E-state index contributed by atoms with van der Waals surface area (Å²) in [6, 6.07) is 80.0. The van der Waals surface area contributed by atoms with E-state index >= 15 is 0 Å². The van der Waals surface area contributed by atoms with Crippen molar-refractivity contribution in [2.24, 2.45) is 0 Å². The van der Waals surface area contributed by atoms with Crippen molar-refractivity contribution in [3.63, 3.8) is 0 Å². The fraction of sp³-hybridized carbons (Fsp3) is 0.0333. The van der Waals surface area contributed by atoms with E-state index in [-0.39, 0.29) is 5.41 Å². The van der Waals surface area contributed by atoms with Crippen LogP contribution in [-0.4, -0.2) is 9.97 Å². The number of para-hydroxylation sites is 2. The highest BCUT2D eigenvalue weighted by Gasteiger charge is 2.42. The van der Waals surface area contributed by atoms with Gasteiger partial charge in [-0.25, -0.2) is 9.97 Å². The molecule has 0 saturated heterocycles. The molecule has 0 N–H and O–H groups in total. The molecule has 0 bridgehead atoms. The van der Waals surface area contributed by atoms with Gasteiger partial charge in [-0.2, -0.15) is 0 Å². The predicted molar refractivity (Wildman–Crippen MR) is 259 cm³/mol. The van der Waals surface area contributed by atoms with Crippen LogP contribution in [0.4, 0.5) is 0 Å². The summed E-state index contributed by atoms with van der Waals surface area (Å²) in [7, 11) is 0. The first-order valence-electron chi connectivity index (χ1n) is 21.6. The molecule has 1 atom stereocenters. The molecule has 0 saturated carbocycles. The Kier molecular flexibility index (Phi) is 8.62. The highest BCUT2D eigenvalue weighted by atomic mass is 16.3. The van der Waals surface area contributed by atoms with E-state index in [0.29, 0.717) is 5.82 Å². The molecule has 0 fully saturated rings. The average molecular weight is 805 g/mol. The van der Waals surface area contributed by atoms with E-state index in [9.17, 15) is 0 Å². The number of aromatic nitrogens is 2. The van der Waals surface area contributed by atoms with Gasteiger partial charge in [0.15, 0.2) is 5.82 Å². The molecule has 1 unspecified atom stereocenters. The number of furan rings is 1. The third-order valence-electron chi connectivity index (χ3n) is 13.0. The predicted octanol–water partition coefficient (Wildman–Crippen LogP) is 15.7. The zero-order valence-corrected chi connectivity index (χ0v) is 34.7. The summed E-state index contributed by atoms with van der Waals surface area (Å²) in [5.41, 5.74) is 19.8. The second-order valence-corrected chi connectivity index (χ2v) is 16.6. The molecule has 1 aliphatic rings. The number of hydrogen-bond donors (Lipinski definition) is 0. The maximum atomic E-state index is 6.38. The summed E-state index contributed by atoms with van der Waals surface area (Å²) in [6.07, 6.45) is 0. The van der Waals surface area contributed by atoms with Crippen molar-refractivity contribution < 1.29 is 4.42 Å². The number of benzene rings is 9. The van der Waals surface area contributed by atoms with Gasteiger partial charge >= 0.3 is 0 Å². The van der Waals surface area contributed by atoms with Crippen LogP contribution in [0.25, 0.3) is 100 Å². The molecule has 0 radical (unpaired) electrons. The first kappa shape index (κ1) is 36.7. The minimum absolute atomic E-state index is 0.323.